The molecule has 1 saturated carbocycles. The van der Waals surface area contributed by atoms with E-state index >= 15 is 0 Å². The van der Waals surface area contributed by atoms with Crippen molar-refractivity contribution in [1.82, 2.24) is 0 Å². The van der Waals surface area contributed by atoms with E-state index in [0.29, 0.717) is 0 Å². The molecule has 1 aliphatic carbocycles. The van der Waals surface area contributed by atoms with Gasteiger partial charge in [-0.25, -0.2) is 0 Å². The minimum atomic E-state index is -0.361. The van der Waals surface area contributed by atoms with Crippen molar-refractivity contribution in [3.63, 3.8) is 0 Å². The van der Waals surface area contributed by atoms with E-state index in [1.165, 1.54) is 0 Å². The molecule has 0 bridgehead atoms. The van der Waals surface area contributed by atoms with Crippen LogP contribution in [0.2, 0.25) is 0 Å². The highest BCUT2D eigenvalue weighted by molar-refractivity contribution is 5.05. The fraction of sp³-hybridized carbons (Fsp3) is 1.00. The molecule has 1 saturated heterocycles. The first-order valence-corrected chi connectivity index (χ1v) is 2.65. The third-order valence-corrected chi connectivity index (χ3v) is 1.69. The Labute approximate surface area is 42.1 Å². The summed E-state index contributed by atoms with van der Waals surface area (Å²) in [6, 6.07) is 0. The van der Waals surface area contributed by atoms with Crippen molar-refractivity contribution in [1.29, 1.82) is 0 Å². The van der Waals surface area contributed by atoms with Crippen molar-refractivity contribution < 1.29 is 9.84 Å². The van der Waals surface area contributed by atoms with Gasteiger partial charge in [-0.2, -0.15) is 0 Å². The van der Waals surface area contributed by atoms with Crippen LogP contribution in [0.4, 0.5) is 0 Å². The molecule has 2 fully saturated rings. The summed E-state index contributed by atoms with van der Waals surface area (Å²) in [5, 5.41) is 9.14. The van der Waals surface area contributed by atoms with Crippen molar-refractivity contribution in [2.45, 2.75) is 24.5 Å². The molecule has 1 atom stereocenters. The normalized spacial score (nSPS) is 43.3. The second-order valence-electron chi connectivity index (χ2n) is 2.43. The standard InChI is InChI=1S/C5H8O2/c6-5(1-2-5)4-3-7-4/h4,6H,1-3H2/t4-/m1/s1. The van der Waals surface area contributed by atoms with Gasteiger partial charge in [0.2, 0.25) is 0 Å². The number of hydrogen-bond donors (Lipinski definition) is 1. The van der Waals surface area contributed by atoms with Crippen LogP contribution in [0.5, 0.6) is 0 Å². The zero-order valence-corrected chi connectivity index (χ0v) is 4.05. The number of ether oxygens (including phenoxy) is 1. The zero-order chi connectivity index (χ0) is 4.91. The monoisotopic (exact) mass is 100 g/mol. The highest BCUT2D eigenvalue weighted by Crippen LogP contribution is 2.44. The Kier molecular flexibility index (Phi) is 0.474. The molecule has 1 aliphatic heterocycles. The summed E-state index contributed by atoms with van der Waals surface area (Å²) in [6.45, 7) is 0.788. The first-order chi connectivity index (χ1) is 3.31. The highest BCUT2D eigenvalue weighted by atomic mass is 16.6. The molecule has 40 valence electrons. The van der Waals surface area contributed by atoms with Crippen LogP contribution in [0.25, 0.3) is 0 Å². The molecule has 0 radical (unpaired) electrons. The highest BCUT2D eigenvalue weighted by Gasteiger charge is 2.54. The lowest BCUT2D eigenvalue weighted by molar-refractivity contribution is 0.112. The number of hydrogen-bond acceptors (Lipinski definition) is 2. The molecule has 1 heterocycles. The van der Waals surface area contributed by atoms with E-state index in [-0.39, 0.29) is 11.7 Å². The van der Waals surface area contributed by atoms with Crippen LogP contribution >= 0.6 is 0 Å². The largest absolute Gasteiger partial charge is 0.387 e. The van der Waals surface area contributed by atoms with Crippen molar-refractivity contribution in [3.8, 4) is 0 Å². The van der Waals surface area contributed by atoms with Crippen molar-refractivity contribution in [2.24, 2.45) is 0 Å². The molecular formula is C5H8O2. The van der Waals surface area contributed by atoms with Crippen molar-refractivity contribution in [3.05, 3.63) is 0 Å². The molecule has 7 heavy (non-hydrogen) atoms. The van der Waals surface area contributed by atoms with E-state index in [1.807, 2.05) is 0 Å². The summed E-state index contributed by atoms with van der Waals surface area (Å²) in [5.41, 5.74) is -0.361. The van der Waals surface area contributed by atoms with Gasteiger partial charge in [0.25, 0.3) is 0 Å². The number of aliphatic hydroxyl groups is 1. The molecule has 0 aromatic heterocycles. The lowest BCUT2D eigenvalue weighted by Gasteiger charge is -1.96. The van der Waals surface area contributed by atoms with Crippen LogP contribution in [-0.4, -0.2) is 23.4 Å². The smallest absolute Gasteiger partial charge is 0.110 e. The average molecular weight is 100 g/mol. The quantitative estimate of drug-likeness (QED) is 0.467. The summed E-state index contributed by atoms with van der Waals surface area (Å²) >= 11 is 0. The number of epoxide rings is 1. The minimum absolute atomic E-state index is 0.215. The van der Waals surface area contributed by atoms with E-state index in [9.17, 15) is 0 Å². The summed E-state index contributed by atoms with van der Waals surface area (Å²) in [6.07, 6.45) is 2.13. The van der Waals surface area contributed by atoms with Crippen LogP contribution in [0.3, 0.4) is 0 Å². The molecule has 0 amide bonds. The minimum Gasteiger partial charge on any atom is -0.387 e. The maximum Gasteiger partial charge on any atom is 0.110 e. The van der Waals surface area contributed by atoms with Crippen LogP contribution in [0.1, 0.15) is 12.8 Å². The van der Waals surface area contributed by atoms with Gasteiger partial charge < -0.3 is 9.84 Å². The van der Waals surface area contributed by atoms with E-state index in [2.05, 4.69) is 0 Å². The Morgan fingerprint density at radius 1 is 1.57 bits per heavy atom. The molecule has 1 N–H and O–H groups in total. The molecule has 0 aromatic rings. The van der Waals surface area contributed by atoms with Crippen molar-refractivity contribution in [2.75, 3.05) is 6.61 Å². The van der Waals surface area contributed by atoms with Gasteiger partial charge >= 0.3 is 0 Å². The van der Waals surface area contributed by atoms with Gasteiger partial charge in [0.15, 0.2) is 0 Å². The van der Waals surface area contributed by atoms with Crippen LogP contribution in [-0.2, 0) is 4.74 Å². The van der Waals surface area contributed by atoms with Gasteiger partial charge in [-0.1, -0.05) is 0 Å². The zero-order valence-electron chi connectivity index (χ0n) is 4.05. The van der Waals surface area contributed by atoms with Gasteiger partial charge in [-0.3, -0.25) is 0 Å². The third-order valence-electron chi connectivity index (χ3n) is 1.69. The average Bonchev–Trinajstić information content (AvgIpc) is 2.14. The van der Waals surface area contributed by atoms with E-state index < -0.39 is 0 Å². The first kappa shape index (κ1) is 3.87. The SMILES string of the molecule is OC1([C@H]2CO2)CC1. The van der Waals surface area contributed by atoms with E-state index in [0.717, 1.165) is 19.4 Å². The molecule has 2 aliphatic rings. The fourth-order valence-electron chi connectivity index (χ4n) is 0.808. The molecule has 2 rings (SSSR count). The Bertz CT molecular complexity index is 92.3. The topological polar surface area (TPSA) is 32.8 Å². The van der Waals surface area contributed by atoms with Crippen LogP contribution in [0.15, 0.2) is 0 Å². The van der Waals surface area contributed by atoms with Crippen LogP contribution < -0.4 is 0 Å². The molecule has 0 spiro atoms. The van der Waals surface area contributed by atoms with Gasteiger partial charge in [0.05, 0.1) is 12.2 Å². The second-order valence-corrected chi connectivity index (χ2v) is 2.43. The number of rotatable bonds is 1. The molecular weight excluding hydrogens is 92.1 g/mol. The Balaban J connectivity index is 2.04. The maximum absolute atomic E-state index is 9.14. The van der Waals surface area contributed by atoms with Gasteiger partial charge in [0, 0.05) is 0 Å². The van der Waals surface area contributed by atoms with Crippen molar-refractivity contribution >= 4 is 0 Å². The van der Waals surface area contributed by atoms with Gasteiger partial charge in [-0.05, 0) is 12.8 Å². The second kappa shape index (κ2) is 0.858. The summed E-state index contributed by atoms with van der Waals surface area (Å²) in [7, 11) is 0. The Hall–Kier alpha value is -0.0800. The summed E-state index contributed by atoms with van der Waals surface area (Å²) in [4.78, 5) is 0. The Morgan fingerprint density at radius 3 is 2.29 bits per heavy atom. The lowest BCUT2D eigenvalue weighted by Crippen LogP contribution is -2.14. The van der Waals surface area contributed by atoms with Crippen LogP contribution in [0, 0.1) is 0 Å². The molecule has 2 nitrogen and oxygen atoms in total. The molecule has 0 aromatic carbocycles. The van der Waals surface area contributed by atoms with E-state index in [4.69, 9.17) is 9.84 Å². The van der Waals surface area contributed by atoms with E-state index in [1.54, 1.807) is 0 Å². The Morgan fingerprint density at radius 2 is 2.14 bits per heavy atom. The predicted molar refractivity (Wildman–Crippen MR) is 23.9 cm³/mol. The molecule has 2 heteroatoms. The maximum atomic E-state index is 9.14. The predicted octanol–water partition coefficient (Wildman–Crippen LogP) is -0.0899. The first-order valence-electron chi connectivity index (χ1n) is 2.65. The fourth-order valence-corrected chi connectivity index (χ4v) is 0.808. The molecule has 0 unspecified atom stereocenters. The third kappa shape index (κ3) is 0.469. The lowest BCUT2D eigenvalue weighted by atomic mass is 10.3. The summed E-state index contributed by atoms with van der Waals surface area (Å²) < 4.78 is 4.89. The summed E-state index contributed by atoms with van der Waals surface area (Å²) in [5.74, 6) is 0. The van der Waals surface area contributed by atoms with Gasteiger partial charge in [-0.15, -0.1) is 0 Å². The van der Waals surface area contributed by atoms with Gasteiger partial charge in [0.1, 0.15) is 6.10 Å².